The molecule has 0 aromatic carbocycles. The molecule has 4 nitrogen and oxygen atoms in total. The first-order valence-electron chi connectivity index (χ1n) is 4.64. The van der Waals surface area contributed by atoms with E-state index in [1.165, 1.54) is 0 Å². The van der Waals surface area contributed by atoms with Crippen LogP contribution in [0.25, 0.3) is 0 Å². The van der Waals surface area contributed by atoms with Gasteiger partial charge in [-0.25, -0.2) is 0 Å². The van der Waals surface area contributed by atoms with E-state index in [0.29, 0.717) is 12.9 Å². The van der Waals surface area contributed by atoms with Crippen LogP contribution in [0, 0.1) is 0 Å². The molecule has 1 fully saturated rings. The Hall–Kier alpha value is -0.740. The maximum Gasteiger partial charge on any atom is 0.214 e. The van der Waals surface area contributed by atoms with Crippen LogP contribution in [0.2, 0.25) is 0 Å². The molecule has 0 aliphatic carbocycles. The molecule has 1 aliphatic heterocycles. The molecule has 1 N–H and O–H groups in total. The Kier molecular flexibility index (Phi) is 4.05. The summed E-state index contributed by atoms with van der Waals surface area (Å²) in [7, 11) is 0. The van der Waals surface area contributed by atoms with Crippen molar-refractivity contribution in [2.75, 3.05) is 6.61 Å². The molecular weight excluding hydrogens is 170 g/mol. The van der Waals surface area contributed by atoms with Crippen LogP contribution in [0.1, 0.15) is 26.2 Å². The summed E-state index contributed by atoms with van der Waals surface area (Å²) in [5.41, 5.74) is 0. The van der Waals surface area contributed by atoms with Crippen molar-refractivity contribution in [2.45, 2.75) is 38.5 Å². The zero-order valence-electron chi connectivity index (χ0n) is 7.79. The lowest BCUT2D eigenvalue weighted by Crippen LogP contribution is -2.37. The van der Waals surface area contributed by atoms with Crippen LogP contribution in [0.15, 0.2) is 0 Å². The van der Waals surface area contributed by atoms with Gasteiger partial charge in [-0.2, -0.15) is 0 Å². The average molecular weight is 185 g/mol. The average Bonchev–Trinajstić information content (AvgIpc) is 2.62. The fraction of sp³-hybridized carbons (Fsp3) is 0.778. The molecule has 0 aromatic rings. The minimum atomic E-state index is -0.418. The van der Waals surface area contributed by atoms with E-state index in [1.807, 2.05) is 0 Å². The Morgan fingerprint density at radius 1 is 1.69 bits per heavy atom. The van der Waals surface area contributed by atoms with E-state index >= 15 is 0 Å². The number of nitrogens with one attached hydrogen (secondary N) is 1. The van der Waals surface area contributed by atoms with Crippen LogP contribution in [0.4, 0.5) is 0 Å². The topological polar surface area (TPSA) is 55.4 Å². The minimum absolute atomic E-state index is 0.0474. The number of ketones is 1. The largest absolute Gasteiger partial charge is 0.361 e. The van der Waals surface area contributed by atoms with Gasteiger partial charge in [0.25, 0.3) is 0 Å². The number of hydrogen-bond donors (Lipinski definition) is 1. The molecule has 1 heterocycles. The number of unbranched alkanes of at least 4 members (excludes halogenated alkanes) is 1. The van der Waals surface area contributed by atoms with Gasteiger partial charge >= 0.3 is 0 Å². The van der Waals surface area contributed by atoms with Gasteiger partial charge < -0.3 is 4.74 Å². The van der Waals surface area contributed by atoms with Crippen LogP contribution >= 0.6 is 0 Å². The van der Waals surface area contributed by atoms with Gasteiger partial charge in [0, 0.05) is 0 Å². The molecule has 0 saturated carbocycles. The Balaban J connectivity index is 2.27. The summed E-state index contributed by atoms with van der Waals surface area (Å²) in [4.78, 5) is 21.1. The Labute approximate surface area is 77.6 Å². The summed E-state index contributed by atoms with van der Waals surface area (Å²) in [6, 6.07) is -0.417. The van der Waals surface area contributed by atoms with Gasteiger partial charge in [-0.05, 0) is 12.8 Å². The summed E-state index contributed by atoms with van der Waals surface area (Å²) < 4.78 is 5.30. The molecule has 1 aliphatic rings. The zero-order chi connectivity index (χ0) is 9.68. The monoisotopic (exact) mass is 185 g/mol. The third-order valence-corrected chi connectivity index (χ3v) is 2.13. The highest BCUT2D eigenvalue weighted by atomic mass is 16.5. The second-order valence-corrected chi connectivity index (χ2v) is 3.20. The Morgan fingerprint density at radius 2 is 2.46 bits per heavy atom. The van der Waals surface area contributed by atoms with Crippen molar-refractivity contribution >= 4 is 12.1 Å². The second-order valence-electron chi connectivity index (χ2n) is 3.20. The number of ether oxygens (including phenoxy) is 1. The summed E-state index contributed by atoms with van der Waals surface area (Å²) in [6.45, 7) is 2.43. The van der Waals surface area contributed by atoms with Crippen molar-refractivity contribution in [3.8, 4) is 0 Å². The van der Waals surface area contributed by atoms with Crippen molar-refractivity contribution in [2.24, 2.45) is 0 Å². The summed E-state index contributed by atoms with van der Waals surface area (Å²) in [5, 5.41) is 2.97. The summed E-state index contributed by atoms with van der Waals surface area (Å²) in [6.07, 6.45) is 3.38. The smallest absolute Gasteiger partial charge is 0.214 e. The molecule has 1 saturated heterocycles. The van der Waals surface area contributed by atoms with Crippen LogP contribution in [0.3, 0.4) is 0 Å². The maximum absolute atomic E-state index is 10.9. The number of rotatable bonds is 5. The van der Waals surface area contributed by atoms with Gasteiger partial charge in [0.1, 0.15) is 6.23 Å². The molecule has 0 aromatic heterocycles. The Bertz CT molecular complexity index is 193. The standard InChI is InChI=1S/C9H15NO3/c1-2-3-4-9-10-7(6-13-9)8(12)5-11/h5,7,9-10H,2-4,6H2,1H3. The first kappa shape index (κ1) is 10.3. The number of Topliss-reactive ketones (excluding diaryl/α,β-unsaturated/α-hetero) is 1. The normalized spacial score (nSPS) is 27.5. The van der Waals surface area contributed by atoms with E-state index in [2.05, 4.69) is 12.2 Å². The molecule has 13 heavy (non-hydrogen) atoms. The minimum Gasteiger partial charge on any atom is -0.361 e. The molecule has 2 atom stereocenters. The van der Waals surface area contributed by atoms with Crippen molar-refractivity contribution < 1.29 is 14.3 Å². The third kappa shape index (κ3) is 2.90. The fourth-order valence-corrected chi connectivity index (χ4v) is 1.34. The third-order valence-electron chi connectivity index (χ3n) is 2.13. The number of carbonyl (C=O) groups excluding carboxylic acids is 2. The van der Waals surface area contributed by atoms with Gasteiger partial charge in [-0.1, -0.05) is 13.3 Å². The van der Waals surface area contributed by atoms with Gasteiger partial charge in [0.15, 0.2) is 6.29 Å². The SMILES string of the molecule is CCCCC1NC(C(=O)C=O)CO1. The van der Waals surface area contributed by atoms with E-state index in [0.717, 1.165) is 19.3 Å². The highest BCUT2D eigenvalue weighted by molar-refractivity contribution is 6.27. The highest BCUT2D eigenvalue weighted by Crippen LogP contribution is 2.09. The summed E-state index contributed by atoms with van der Waals surface area (Å²) >= 11 is 0. The predicted octanol–water partition coefficient (Wildman–Crippen LogP) is 0.259. The quantitative estimate of drug-likeness (QED) is 0.493. The molecule has 0 bridgehead atoms. The van der Waals surface area contributed by atoms with Crippen molar-refractivity contribution in [3.63, 3.8) is 0 Å². The van der Waals surface area contributed by atoms with E-state index in [4.69, 9.17) is 4.74 Å². The van der Waals surface area contributed by atoms with Crippen molar-refractivity contribution in [1.29, 1.82) is 0 Å². The molecule has 0 radical (unpaired) electrons. The summed E-state index contributed by atoms with van der Waals surface area (Å²) in [5.74, 6) is -0.418. The van der Waals surface area contributed by atoms with Gasteiger partial charge in [-0.3, -0.25) is 14.9 Å². The molecule has 1 rings (SSSR count). The van der Waals surface area contributed by atoms with E-state index in [9.17, 15) is 9.59 Å². The molecule has 0 spiro atoms. The van der Waals surface area contributed by atoms with Crippen molar-refractivity contribution in [3.05, 3.63) is 0 Å². The van der Waals surface area contributed by atoms with Gasteiger partial charge in [0.05, 0.1) is 12.6 Å². The first-order chi connectivity index (χ1) is 6.27. The van der Waals surface area contributed by atoms with E-state index in [1.54, 1.807) is 0 Å². The number of aldehydes is 1. The van der Waals surface area contributed by atoms with Gasteiger partial charge in [0.2, 0.25) is 5.78 Å². The Morgan fingerprint density at radius 3 is 3.08 bits per heavy atom. The second kappa shape index (κ2) is 5.09. The van der Waals surface area contributed by atoms with Gasteiger partial charge in [-0.15, -0.1) is 0 Å². The lowest BCUT2D eigenvalue weighted by atomic mass is 10.2. The van der Waals surface area contributed by atoms with Crippen LogP contribution in [-0.4, -0.2) is 30.9 Å². The lowest BCUT2D eigenvalue weighted by molar-refractivity contribution is -0.131. The molecule has 2 unspecified atom stereocenters. The zero-order valence-corrected chi connectivity index (χ0v) is 7.79. The highest BCUT2D eigenvalue weighted by Gasteiger charge is 2.28. The number of hydrogen-bond acceptors (Lipinski definition) is 4. The van der Waals surface area contributed by atoms with Crippen LogP contribution < -0.4 is 5.32 Å². The fourth-order valence-electron chi connectivity index (χ4n) is 1.34. The maximum atomic E-state index is 10.9. The van der Waals surface area contributed by atoms with E-state index in [-0.39, 0.29) is 6.23 Å². The molecule has 0 amide bonds. The van der Waals surface area contributed by atoms with Crippen LogP contribution in [-0.2, 0) is 14.3 Å². The lowest BCUT2D eigenvalue weighted by Gasteiger charge is -2.08. The van der Waals surface area contributed by atoms with E-state index < -0.39 is 11.8 Å². The van der Waals surface area contributed by atoms with Crippen LogP contribution in [0.5, 0.6) is 0 Å². The molecule has 4 heteroatoms. The van der Waals surface area contributed by atoms with Crippen molar-refractivity contribution in [1.82, 2.24) is 5.32 Å². The number of carbonyl (C=O) groups is 2. The molecular formula is C9H15NO3. The predicted molar refractivity (Wildman–Crippen MR) is 47.3 cm³/mol. The first-order valence-corrected chi connectivity index (χ1v) is 4.64. The molecule has 74 valence electrons.